The average molecular weight is 509 g/mol. The number of halogens is 3. The number of carbonyl (C=O) groups excluding carboxylic acids is 1. The first kappa shape index (κ1) is 29.6. The summed E-state index contributed by atoms with van der Waals surface area (Å²) in [6.45, 7) is 4.58. The number of aryl methyl sites for hydroxylation is 1. The Hall–Kier alpha value is -2.64. The zero-order valence-corrected chi connectivity index (χ0v) is 21.5. The molecule has 0 aliphatic carbocycles. The van der Waals surface area contributed by atoms with Crippen LogP contribution in [0.25, 0.3) is 11.4 Å². The van der Waals surface area contributed by atoms with Gasteiger partial charge in [0.15, 0.2) is 17.7 Å². The van der Waals surface area contributed by atoms with Crippen molar-refractivity contribution in [2.75, 3.05) is 6.61 Å². The summed E-state index contributed by atoms with van der Waals surface area (Å²) < 4.78 is 50.0. The highest BCUT2D eigenvalue weighted by Gasteiger charge is 2.42. The summed E-state index contributed by atoms with van der Waals surface area (Å²) in [6.07, 6.45) is 6.74. The van der Waals surface area contributed by atoms with Crippen molar-refractivity contribution in [1.29, 1.82) is 0 Å². The zero-order chi connectivity index (χ0) is 26.2. The SMILES string of the molecule is CCCCCCCCCCOc1cnc(-c2ccc(CCC(OC(=O)CCC)C(F)(F)F)cc2)nc1. The van der Waals surface area contributed by atoms with Crippen molar-refractivity contribution >= 4 is 5.97 Å². The average Bonchev–Trinajstić information content (AvgIpc) is 2.86. The highest BCUT2D eigenvalue weighted by atomic mass is 19.4. The third-order valence-electron chi connectivity index (χ3n) is 5.90. The summed E-state index contributed by atoms with van der Waals surface area (Å²) in [7, 11) is 0. The number of aromatic nitrogens is 2. The largest absolute Gasteiger partial charge is 0.490 e. The van der Waals surface area contributed by atoms with Crippen molar-refractivity contribution in [2.45, 2.75) is 103 Å². The van der Waals surface area contributed by atoms with Gasteiger partial charge in [-0.2, -0.15) is 13.2 Å². The normalized spacial score (nSPS) is 12.4. The van der Waals surface area contributed by atoms with Crippen LogP contribution in [-0.2, 0) is 16.0 Å². The Kier molecular flexibility index (Phi) is 13.3. The van der Waals surface area contributed by atoms with Crippen LogP contribution in [-0.4, -0.2) is 34.8 Å². The summed E-state index contributed by atoms with van der Waals surface area (Å²) >= 11 is 0. The van der Waals surface area contributed by atoms with E-state index in [2.05, 4.69) is 21.6 Å². The third kappa shape index (κ3) is 11.4. The predicted molar refractivity (Wildman–Crippen MR) is 135 cm³/mol. The summed E-state index contributed by atoms with van der Waals surface area (Å²) in [5.41, 5.74) is 1.47. The zero-order valence-electron chi connectivity index (χ0n) is 21.5. The second-order valence-corrected chi connectivity index (χ2v) is 9.07. The highest BCUT2D eigenvalue weighted by Crippen LogP contribution is 2.27. The fraction of sp³-hybridized carbons (Fsp3) is 0.607. The van der Waals surface area contributed by atoms with Crippen LogP contribution in [0.1, 0.15) is 90.0 Å². The topological polar surface area (TPSA) is 61.3 Å². The molecule has 2 aromatic rings. The Morgan fingerprint density at radius 2 is 1.50 bits per heavy atom. The minimum Gasteiger partial charge on any atom is -0.490 e. The Labute approximate surface area is 212 Å². The van der Waals surface area contributed by atoms with Crippen LogP contribution in [0.2, 0.25) is 0 Å². The van der Waals surface area contributed by atoms with Crippen molar-refractivity contribution < 1.29 is 27.4 Å². The second-order valence-electron chi connectivity index (χ2n) is 9.07. The van der Waals surface area contributed by atoms with Crippen molar-refractivity contribution in [3.63, 3.8) is 0 Å². The maximum Gasteiger partial charge on any atom is 0.425 e. The molecule has 1 aromatic heterocycles. The molecule has 0 amide bonds. The second kappa shape index (κ2) is 16.2. The molecule has 0 fully saturated rings. The van der Waals surface area contributed by atoms with E-state index in [1.165, 1.54) is 38.5 Å². The molecule has 0 aliphatic rings. The molecule has 1 unspecified atom stereocenters. The molecule has 0 radical (unpaired) electrons. The number of nitrogens with zero attached hydrogens (tertiary/aromatic N) is 2. The Balaban J connectivity index is 1.77. The quantitative estimate of drug-likeness (QED) is 0.161. The molecular formula is C28H39F3N2O3. The molecule has 0 saturated heterocycles. The van der Waals surface area contributed by atoms with Crippen molar-refractivity contribution in [2.24, 2.45) is 0 Å². The van der Waals surface area contributed by atoms with Gasteiger partial charge in [0.05, 0.1) is 19.0 Å². The molecule has 0 aliphatic heterocycles. The molecule has 1 atom stereocenters. The molecule has 1 aromatic carbocycles. The highest BCUT2D eigenvalue weighted by molar-refractivity contribution is 5.69. The van der Waals surface area contributed by atoms with E-state index in [1.54, 1.807) is 43.6 Å². The van der Waals surface area contributed by atoms with Crippen LogP contribution in [0.15, 0.2) is 36.7 Å². The molecule has 0 N–H and O–H groups in total. The Morgan fingerprint density at radius 3 is 2.08 bits per heavy atom. The van der Waals surface area contributed by atoms with Gasteiger partial charge in [-0.25, -0.2) is 9.97 Å². The number of benzene rings is 1. The molecule has 0 bridgehead atoms. The van der Waals surface area contributed by atoms with Gasteiger partial charge in [-0.05, 0) is 31.2 Å². The number of esters is 1. The summed E-state index contributed by atoms with van der Waals surface area (Å²) in [5, 5.41) is 0. The molecule has 5 nitrogen and oxygen atoms in total. The van der Waals surface area contributed by atoms with Gasteiger partial charge in [0.1, 0.15) is 0 Å². The van der Waals surface area contributed by atoms with Gasteiger partial charge < -0.3 is 9.47 Å². The van der Waals surface area contributed by atoms with E-state index in [-0.39, 0.29) is 19.3 Å². The first-order chi connectivity index (χ1) is 17.3. The molecular weight excluding hydrogens is 469 g/mol. The number of carbonyl (C=O) groups is 1. The van der Waals surface area contributed by atoms with Gasteiger partial charge in [-0.1, -0.05) is 83.1 Å². The smallest absolute Gasteiger partial charge is 0.425 e. The predicted octanol–water partition coefficient (Wildman–Crippen LogP) is 7.87. The molecule has 200 valence electrons. The van der Waals surface area contributed by atoms with E-state index in [4.69, 9.17) is 4.74 Å². The Bertz CT molecular complexity index is 871. The monoisotopic (exact) mass is 508 g/mol. The van der Waals surface area contributed by atoms with E-state index in [9.17, 15) is 18.0 Å². The maximum absolute atomic E-state index is 13.2. The third-order valence-corrected chi connectivity index (χ3v) is 5.90. The maximum atomic E-state index is 13.2. The molecule has 8 heteroatoms. The van der Waals surface area contributed by atoms with Crippen molar-refractivity contribution in [1.82, 2.24) is 9.97 Å². The van der Waals surface area contributed by atoms with Gasteiger partial charge in [-0.15, -0.1) is 0 Å². The van der Waals surface area contributed by atoms with Crippen LogP contribution in [0.3, 0.4) is 0 Å². The van der Waals surface area contributed by atoms with E-state index in [0.29, 0.717) is 30.2 Å². The molecule has 1 heterocycles. The van der Waals surface area contributed by atoms with Gasteiger partial charge in [0, 0.05) is 12.0 Å². The van der Waals surface area contributed by atoms with Crippen LogP contribution in [0.4, 0.5) is 13.2 Å². The van der Waals surface area contributed by atoms with Gasteiger partial charge in [-0.3, -0.25) is 4.79 Å². The van der Waals surface area contributed by atoms with E-state index >= 15 is 0 Å². The van der Waals surface area contributed by atoms with Gasteiger partial charge >= 0.3 is 12.1 Å². The number of ether oxygens (including phenoxy) is 2. The van der Waals surface area contributed by atoms with Crippen LogP contribution >= 0.6 is 0 Å². The summed E-state index contributed by atoms with van der Waals surface area (Å²) in [4.78, 5) is 20.2. The fourth-order valence-corrected chi connectivity index (χ4v) is 3.80. The van der Waals surface area contributed by atoms with Gasteiger partial charge in [0.2, 0.25) is 0 Å². The number of alkyl halides is 3. The van der Waals surface area contributed by atoms with E-state index in [0.717, 1.165) is 18.4 Å². The van der Waals surface area contributed by atoms with Gasteiger partial charge in [0.25, 0.3) is 0 Å². The number of hydrogen-bond donors (Lipinski definition) is 0. The lowest BCUT2D eigenvalue weighted by Crippen LogP contribution is -2.34. The van der Waals surface area contributed by atoms with E-state index < -0.39 is 18.2 Å². The summed E-state index contributed by atoms with van der Waals surface area (Å²) in [5.74, 6) is 0.314. The lowest BCUT2D eigenvalue weighted by Gasteiger charge is -2.20. The Morgan fingerprint density at radius 1 is 0.889 bits per heavy atom. The minimum atomic E-state index is -4.59. The first-order valence-electron chi connectivity index (χ1n) is 13.1. The molecule has 0 spiro atoms. The fourth-order valence-electron chi connectivity index (χ4n) is 3.80. The standard InChI is InChI=1S/C28H39F3N2O3/c1-3-5-6-7-8-9-10-11-19-35-24-20-32-27(33-21-24)23-16-13-22(14-17-23)15-18-25(28(29,30)31)36-26(34)12-4-2/h13-14,16-17,20-21,25H,3-12,15,18-19H2,1-2H3. The summed E-state index contributed by atoms with van der Waals surface area (Å²) in [6, 6.07) is 7.04. The van der Waals surface area contributed by atoms with Crippen LogP contribution in [0, 0.1) is 0 Å². The number of rotatable bonds is 17. The lowest BCUT2D eigenvalue weighted by molar-refractivity contribution is -0.222. The first-order valence-corrected chi connectivity index (χ1v) is 13.1. The van der Waals surface area contributed by atoms with E-state index in [1.807, 2.05) is 0 Å². The van der Waals surface area contributed by atoms with Crippen molar-refractivity contribution in [3.05, 3.63) is 42.2 Å². The van der Waals surface area contributed by atoms with Crippen molar-refractivity contribution in [3.8, 4) is 17.1 Å². The van der Waals surface area contributed by atoms with Crippen LogP contribution < -0.4 is 4.74 Å². The van der Waals surface area contributed by atoms with Crippen LogP contribution in [0.5, 0.6) is 5.75 Å². The minimum absolute atomic E-state index is 0.0235. The molecule has 0 saturated carbocycles. The molecule has 2 rings (SSSR count). The lowest BCUT2D eigenvalue weighted by atomic mass is 10.0. The molecule has 36 heavy (non-hydrogen) atoms. The number of hydrogen-bond acceptors (Lipinski definition) is 5. The number of unbranched alkanes of at least 4 members (excludes halogenated alkanes) is 7.